The van der Waals surface area contributed by atoms with E-state index in [0.717, 1.165) is 17.8 Å². The molecule has 381 valence electrons. The molecule has 0 aromatic rings. The first kappa shape index (κ1) is 58.8. The Labute approximate surface area is 411 Å². The molecule has 0 aromatic carbocycles. The molecule has 3 saturated carbocycles. The zero-order chi connectivity index (χ0) is 48.1. The fraction of sp³-hybridized carbons (Fsp3) is 1.00. The zero-order valence-corrected chi connectivity index (χ0v) is 49.2. The molecule has 0 nitrogen and oxygen atoms in total. The van der Waals surface area contributed by atoms with Gasteiger partial charge in [-0.05, 0) is 0 Å². The molecule has 0 heterocycles. The van der Waals surface area contributed by atoms with Crippen LogP contribution in [0.5, 0.6) is 0 Å². The average molecular weight is 933 g/mol. The molecule has 3 fully saturated rings. The zero-order valence-electron chi connectivity index (χ0n) is 48.0. The van der Waals surface area contributed by atoms with Gasteiger partial charge in [-0.1, -0.05) is 0 Å². The van der Waals surface area contributed by atoms with Gasteiger partial charge in [0.05, 0.1) is 0 Å². The monoisotopic (exact) mass is 932 g/mol. The van der Waals surface area contributed by atoms with Crippen LogP contribution >= 0.6 is 0 Å². The quantitative estimate of drug-likeness (QED) is 0.0673. The van der Waals surface area contributed by atoms with Crippen LogP contribution < -0.4 is 0 Å². The number of rotatable bonds is 30. The Morgan fingerprint density at radius 2 is 0.438 bits per heavy atom. The Morgan fingerprint density at radius 3 is 0.578 bits per heavy atom. The van der Waals surface area contributed by atoms with Gasteiger partial charge in [0.2, 0.25) is 0 Å². The third kappa shape index (κ3) is 10.4. The van der Waals surface area contributed by atoms with Gasteiger partial charge in [-0.25, -0.2) is 0 Å². The van der Waals surface area contributed by atoms with Crippen molar-refractivity contribution in [3.63, 3.8) is 0 Å². The molecule has 3 atom stereocenters. The summed E-state index contributed by atoms with van der Waals surface area (Å²) in [5.74, 6) is 2.60. The maximum atomic E-state index is 2.88. The molecule has 64 heavy (non-hydrogen) atoms. The summed E-state index contributed by atoms with van der Waals surface area (Å²) in [6.45, 7) is 49.7. The van der Waals surface area contributed by atoms with Gasteiger partial charge in [0.25, 0.3) is 0 Å². The molecule has 0 radical (unpaired) electrons. The summed E-state index contributed by atoms with van der Waals surface area (Å²) < 4.78 is 1.13. The molecular weight excluding hydrogens is 809 g/mol. The van der Waals surface area contributed by atoms with Crippen molar-refractivity contribution in [2.75, 3.05) is 0 Å². The molecule has 0 bridgehead atoms. The Balaban J connectivity index is 3.24. The Hall–Kier alpha value is 0.532. The summed E-state index contributed by atoms with van der Waals surface area (Å²) in [4.78, 5) is 0. The average Bonchev–Trinajstić information content (AvgIpc) is 3.36. The summed E-state index contributed by atoms with van der Waals surface area (Å²) in [5, 5.41) is 0. The van der Waals surface area contributed by atoms with Crippen molar-refractivity contribution in [3.8, 4) is 0 Å². The summed E-state index contributed by atoms with van der Waals surface area (Å²) in [6, 6.07) is 0. The molecule has 0 N–H and O–H groups in total. The molecule has 1 heteroatoms. The molecule has 0 aromatic heterocycles. The van der Waals surface area contributed by atoms with E-state index in [2.05, 4.69) is 125 Å². The van der Waals surface area contributed by atoms with E-state index in [-0.39, 0.29) is 0 Å². The summed E-state index contributed by atoms with van der Waals surface area (Å²) in [5.41, 5.74) is 2.15. The number of hydrogen-bond donors (Lipinski definition) is 0. The molecule has 0 amide bonds. The van der Waals surface area contributed by atoms with Crippen LogP contribution in [-0.2, 0) is 14.1 Å². The van der Waals surface area contributed by atoms with E-state index < -0.39 is 14.1 Å². The van der Waals surface area contributed by atoms with Gasteiger partial charge in [0.1, 0.15) is 0 Å². The van der Waals surface area contributed by atoms with Crippen molar-refractivity contribution in [2.24, 2.45) is 50.2 Å². The first-order valence-corrected chi connectivity index (χ1v) is 32.1. The topological polar surface area (TPSA) is 0 Å². The second-order valence-electron chi connectivity index (χ2n) is 25.1. The van der Waals surface area contributed by atoms with E-state index in [0.29, 0.717) is 45.3 Å². The molecule has 3 aliphatic carbocycles. The van der Waals surface area contributed by atoms with Crippen LogP contribution in [0.4, 0.5) is 0 Å². The van der Waals surface area contributed by atoms with E-state index in [1.165, 1.54) is 212 Å². The third-order valence-corrected chi connectivity index (χ3v) is 31.5. The van der Waals surface area contributed by atoms with E-state index in [1.807, 2.05) is 0 Å². The molecule has 3 rings (SSSR count). The molecule has 3 aliphatic rings. The fourth-order valence-electron chi connectivity index (χ4n) is 17.7. The van der Waals surface area contributed by atoms with Gasteiger partial charge in [-0.2, -0.15) is 0 Å². The number of hydrogen-bond acceptors (Lipinski definition) is 0. The standard InChI is InChI=1S/3C21H41.Cr/c3*1-7-20(6,8-2)17-19(18-15-13-12-14-16-18)21(9-3,10-4)11-5;/h3*18H,7-17H2,1-6H3;. The predicted octanol–water partition coefficient (Wildman–Crippen LogP) is 23.1. The van der Waals surface area contributed by atoms with Crippen molar-refractivity contribution < 1.29 is 14.1 Å². The van der Waals surface area contributed by atoms with Crippen LogP contribution in [0.2, 0.25) is 12.8 Å². The van der Waals surface area contributed by atoms with E-state index in [1.54, 1.807) is 0 Å². The molecule has 3 unspecified atom stereocenters. The van der Waals surface area contributed by atoms with Crippen LogP contribution in [0.25, 0.3) is 0 Å². The predicted molar refractivity (Wildman–Crippen MR) is 288 cm³/mol. The van der Waals surface area contributed by atoms with Crippen molar-refractivity contribution in [2.45, 2.75) is 349 Å². The maximum absolute atomic E-state index is 2.88. The van der Waals surface area contributed by atoms with Crippen molar-refractivity contribution in [1.29, 1.82) is 0 Å². The van der Waals surface area contributed by atoms with Crippen LogP contribution in [0, 0.1) is 50.2 Å². The van der Waals surface area contributed by atoms with Gasteiger partial charge >= 0.3 is 414 Å². The normalized spacial score (nSPS) is 21.8. The Kier molecular flexibility index (Phi) is 23.1. The Morgan fingerprint density at radius 1 is 0.266 bits per heavy atom. The van der Waals surface area contributed by atoms with E-state index in [4.69, 9.17) is 0 Å². The van der Waals surface area contributed by atoms with Gasteiger partial charge in [-0.3, -0.25) is 0 Å². The second-order valence-corrected chi connectivity index (χ2v) is 29.5. The van der Waals surface area contributed by atoms with Gasteiger partial charge < -0.3 is 0 Å². The molecule has 0 aliphatic heterocycles. The van der Waals surface area contributed by atoms with Crippen LogP contribution in [0.3, 0.4) is 0 Å². The third-order valence-electron chi connectivity index (χ3n) is 23.9. The molecule has 0 saturated heterocycles. The first-order valence-electron chi connectivity index (χ1n) is 30.2. The SMILES string of the molecule is CCC(C)(CC)C[C](C1CCCCC1)([Cr]([C](CC(C)(CC)CC)(C1CCCCC1)C(CC)(CC)CC)[C](CC(C)(CC)CC)(C1CCCCC1)C(CC)(CC)CC)C(CC)(CC)CC. The summed E-state index contributed by atoms with van der Waals surface area (Å²) in [6.07, 6.45) is 47.8. The van der Waals surface area contributed by atoms with Crippen molar-refractivity contribution in [1.82, 2.24) is 0 Å². The van der Waals surface area contributed by atoms with E-state index in [9.17, 15) is 0 Å². The van der Waals surface area contributed by atoms with Gasteiger partial charge in [-0.15, -0.1) is 0 Å². The Bertz CT molecular complexity index is 1080. The fourth-order valence-corrected chi connectivity index (χ4v) is 29.8. The first-order chi connectivity index (χ1) is 30.5. The molecule has 0 spiro atoms. The van der Waals surface area contributed by atoms with Crippen molar-refractivity contribution >= 4 is 0 Å². The van der Waals surface area contributed by atoms with Gasteiger partial charge in [0, 0.05) is 0 Å². The van der Waals surface area contributed by atoms with Crippen LogP contribution in [0.15, 0.2) is 0 Å². The van der Waals surface area contributed by atoms with E-state index >= 15 is 0 Å². The van der Waals surface area contributed by atoms with Crippen molar-refractivity contribution in [3.05, 3.63) is 0 Å². The second kappa shape index (κ2) is 25.1. The minimum absolute atomic E-state index is 0.358. The minimum atomic E-state index is -1.84. The molecular formula is C63H123Cr. The van der Waals surface area contributed by atoms with Gasteiger partial charge in [0.15, 0.2) is 0 Å². The van der Waals surface area contributed by atoms with Crippen LogP contribution in [-0.4, -0.2) is 0 Å². The summed E-state index contributed by atoms with van der Waals surface area (Å²) in [7, 11) is 0. The van der Waals surface area contributed by atoms with Crippen LogP contribution in [0.1, 0.15) is 337 Å². The summed E-state index contributed by atoms with van der Waals surface area (Å²) >= 11 is -1.84.